The number of hydrogen-bond acceptors (Lipinski definition) is 4. The molecular weight excluding hydrogens is 262 g/mol. The molecule has 1 N–H and O–H groups in total. The van der Waals surface area contributed by atoms with Gasteiger partial charge in [0.05, 0.1) is 24.2 Å². The zero-order chi connectivity index (χ0) is 12.5. The Morgan fingerprint density at radius 2 is 2.41 bits per heavy atom. The van der Waals surface area contributed by atoms with E-state index in [2.05, 4.69) is 10.3 Å². The number of sulfone groups is 1. The quantitative estimate of drug-likeness (QED) is 0.875. The van der Waals surface area contributed by atoms with Crippen LogP contribution in [-0.4, -0.2) is 36.0 Å². The first-order valence-electron chi connectivity index (χ1n) is 5.55. The first-order valence-corrected chi connectivity index (χ1v) is 7.75. The van der Waals surface area contributed by atoms with Gasteiger partial charge in [0, 0.05) is 7.05 Å². The number of aromatic nitrogens is 2. The topological polar surface area (TPSA) is 64.0 Å². The van der Waals surface area contributed by atoms with Gasteiger partial charge in [-0.15, -0.1) is 0 Å². The molecule has 0 radical (unpaired) electrons. The van der Waals surface area contributed by atoms with Crippen LogP contribution >= 0.6 is 11.6 Å². The van der Waals surface area contributed by atoms with Gasteiger partial charge in [0.2, 0.25) is 0 Å². The second-order valence-electron chi connectivity index (χ2n) is 4.46. The van der Waals surface area contributed by atoms with Gasteiger partial charge in [0.15, 0.2) is 9.84 Å². The minimum absolute atomic E-state index is 0.232. The van der Waals surface area contributed by atoms with Crippen LogP contribution in [-0.2, 0) is 23.4 Å². The minimum atomic E-state index is -2.78. The van der Waals surface area contributed by atoms with E-state index < -0.39 is 9.84 Å². The zero-order valence-corrected chi connectivity index (χ0v) is 11.3. The Morgan fingerprint density at radius 1 is 1.65 bits per heavy atom. The van der Waals surface area contributed by atoms with E-state index in [1.807, 2.05) is 7.05 Å². The van der Waals surface area contributed by atoms with Gasteiger partial charge in [-0.3, -0.25) is 0 Å². The zero-order valence-electron chi connectivity index (χ0n) is 9.69. The van der Waals surface area contributed by atoms with E-state index in [1.54, 1.807) is 10.8 Å². The second kappa shape index (κ2) is 4.96. The average molecular weight is 278 g/mol. The molecule has 1 atom stereocenters. The van der Waals surface area contributed by atoms with Gasteiger partial charge < -0.3 is 9.88 Å². The number of nitrogens with one attached hydrogen (secondary N) is 1. The molecule has 96 valence electrons. The minimum Gasteiger partial charge on any atom is -0.321 e. The van der Waals surface area contributed by atoms with Crippen molar-refractivity contribution in [1.29, 1.82) is 0 Å². The number of nitrogens with zero attached hydrogens (tertiary/aromatic N) is 2. The lowest BCUT2D eigenvalue weighted by molar-refractivity contribution is 0.510. The number of rotatable bonds is 4. The molecule has 1 aliphatic heterocycles. The number of imidazole rings is 1. The van der Waals surface area contributed by atoms with E-state index in [-0.39, 0.29) is 5.92 Å². The van der Waals surface area contributed by atoms with Gasteiger partial charge in [-0.2, -0.15) is 0 Å². The predicted molar refractivity (Wildman–Crippen MR) is 66.7 cm³/mol. The predicted octanol–water partition coefficient (Wildman–Crippen LogP) is 0.598. The average Bonchev–Trinajstić information content (AvgIpc) is 2.75. The molecule has 0 amide bonds. The van der Waals surface area contributed by atoms with Crippen LogP contribution in [0.15, 0.2) is 6.20 Å². The highest BCUT2D eigenvalue weighted by Gasteiger charge is 2.27. The summed E-state index contributed by atoms with van der Waals surface area (Å²) in [4.78, 5) is 4.16. The first kappa shape index (κ1) is 12.9. The molecule has 0 saturated carbocycles. The van der Waals surface area contributed by atoms with E-state index in [9.17, 15) is 8.42 Å². The lowest BCUT2D eigenvalue weighted by Gasteiger charge is -2.09. The summed E-state index contributed by atoms with van der Waals surface area (Å²) >= 11 is 5.87. The summed E-state index contributed by atoms with van der Waals surface area (Å²) in [5, 5.41) is 3.83. The fraction of sp³-hybridized carbons (Fsp3) is 0.700. The molecule has 1 fully saturated rings. The summed E-state index contributed by atoms with van der Waals surface area (Å²) in [6.45, 7) is 1.32. The smallest absolute Gasteiger partial charge is 0.150 e. The normalized spacial score (nSPS) is 23.1. The van der Waals surface area contributed by atoms with Crippen molar-refractivity contribution in [3.63, 3.8) is 0 Å². The number of hydrogen-bond donors (Lipinski definition) is 1. The summed E-state index contributed by atoms with van der Waals surface area (Å²) in [6.07, 6.45) is 2.37. The lowest BCUT2D eigenvalue weighted by Crippen LogP contribution is -2.24. The van der Waals surface area contributed by atoms with Crippen LogP contribution in [0.2, 0.25) is 5.15 Å². The van der Waals surface area contributed by atoms with E-state index >= 15 is 0 Å². The molecule has 0 aromatic carbocycles. The van der Waals surface area contributed by atoms with Crippen LogP contribution < -0.4 is 5.32 Å². The Bertz CT molecular complexity index is 498. The fourth-order valence-corrected chi connectivity index (χ4v) is 4.02. The van der Waals surface area contributed by atoms with Crippen LogP contribution in [0.25, 0.3) is 0 Å². The molecule has 17 heavy (non-hydrogen) atoms. The highest BCUT2D eigenvalue weighted by Crippen LogP contribution is 2.17. The molecule has 0 spiro atoms. The van der Waals surface area contributed by atoms with Crippen molar-refractivity contribution < 1.29 is 8.42 Å². The maximum atomic E-state index is 11.3. The number of halogens is 1. The summed E-state index contributed by atoms with van der Waals surface area (Å²) in [5.74, 6) is 1.72. The third-order valence-corrected chi connectivity index (χ3v) is 5.26. The van der Waals surface area contributed by atoms with E-state index in [1.165, 1.54) is 0 Å². The van der Waals surface area contributed by atoms with Gasteiger partial charge in [-0.05, 0) is 18.9 Å². The molecular formula is C10H16ClN3O2S. The molecule has 1 aliphatic rings. The van der Waals surface area contributed by atoms with E-state index in [4.69, 9.17) is 11.6 Å². The van der Waals surface area contributed by atoms with Crippen molar-refractivity contribution in [2.45, 2.75) is 13.0 Å². The van der Waals surface area contributed by atoms with Crippen molar-refractivity contribution >= 4 is 21.4 Å². The highest BCUT2D eigenvalue weighted by atomic mass is 35.5. The summed E-state index contributed by atoms with van der Waals surface area (Å²) in [5.41, 5.74) is 0. The Morgan fingerprint density at radius 3 is 2.94 bits per heavy atom. The maximum Gasteiger partial charge on any atom is 0.150 e. The summed E-state index contributed by atoms with van der Waals surface area (Å²) < 4.78 is 24.3. The van der Waals surface area contributed by atoms with Gasteiger partial charge in [-0.1, -0.05) is 11.6 Å². The molecule has 2 rings (SSSR count). The molecule has 1 unspecified atom stereocenters. The molecule has 5 nitrogen and oxygen atoms in total. The molecule has 0 bridgehead atoms. The van der Waals surface area contributed by atoms with Crippen LogP contribution in [0.5, 0.6) is 0 Å². The summed E-state index contributed by atoms with van der Waals surface area (Å²) in [6, 6.07) is 0. The van der Waals surface area contributed by atoms with Crippen LogP contribution in [0.3, 0.4) is 0 Å². The van der Waals surface area contributed by atoms with Crippen LogP contribution in [0.4, 0.5) is 0 Å². The molecule has 1 aromatic heterocycles. The van der Waals surface area contributed by atoms with Gasteiger partial charge in [-0.25, -0.2) is 13.4 Å². The molecule has 0 aliphatic carbocycles. The van der Waals surface area contributed by atoms with E-state index in [0.29, 0.717) is 29.7 Å². The van der Waals surface area contributed by atoms with Crippen molar-refractivity contribution in [2.75, 3.05) is 18.1 Å². The Hall–Kier alpha value is -0.590. The highest BCUT2D eigenvalue weighted by molar-refractivity contribution is 7.91. The van der Waals surface area contributed by atoms with E-state index in [0.717, 1.165) is 12.2 Å². The largest absolute Gasteiger partial charge is 0.321 e. The van der Waals surface area contributed by atoms with Crippen molar-refractivity contribution in [2.24, 2.45) is 13.0 Å². The Labute approximate surface area is 106 Å². The van der Waals surface area contributed by atoms with Crippen molar-refractivity contribution in [3.8, 4) is 0 Å². The Kier molecular flexibility index (Phi) is 3.75. The Balaban J connectivity index is 1.79. The van der Waals surface area contributed by atoms with Crippen LogP contribution in [0.1, 0.15) is 12.2 Å². The monoisotopic (exact) mass is 277 g/mol. The van der Waals surface area contributed by atoms with Crippen molar-refractivity contribution in [1.82, 2.24) is 14.9 Å². The standard InChI is InChI=1S/C10H16ClN3O2S/c1-14-9(11)5-13-10(14)6-12-4-8-2-3-17(15,16)7-8/h5,8,12H,2-4,6-7H2,1H3. The van der Waals surface area contributed by atoms with Crippen molar-refractivity contribution in [3.05, 3.63) is 17.2 Å². The van der Waals surface area contributed by atoms with Crippen LogP contribution in [0, 0.1) is 5.92 Å². The third kappa shape index (κ3) is 3.20. The molecule has 7 heteroatoms. The van der Waals surface area contributed by atoms with Gasteiger partial charge in [0.25, 0.3) is 0 Å². The second-order valence-corrected chi connectivity index (χ2v) is 7.07. The fourth-order valence-electron chi connectivity index (χ4n) is 2.01. The molecule has 2 heterocycles. The van der Waals surface area contributed by atoms with Gasteiger partial charge >= 0.3 is 0 Å². The first-order chi connectivity index (χ1) is 7.98. The van der Waals surface area contributed by atoms with Gasteiger partial charge in [0.1, 0.15) is 11.0 Å². The summed E-state index contributed by atoms with van der Waals surface area (Å²) in [7, 11) is -0.923. The maximum absolute atomic E-state index is 11.3. The SMILES string of the molecule is Cn1c(Cl)cnc1CNCC1CCS(=O)(=O)C1. The molecule has 1 aromatic rings. The third-order valence-electron chi connectivity index (χ3n) is 3.07. The lowest BCUT2D eigenvalue weighted by atomic mass is 10.1. The molecule has 1 saturated heterocycles.